The third-order valence-electron chi connectivity index (χ3n) is 11.4. The molecule has 0 aliphatic heterocycles. The third kappa shape index (κ3) is 9.40. The highest BCUT2D eigenvalue weighted by atomic mass is 15.1. The number of aryl methyl sites for hydroxylation is 12. The summed E-state index contributed by atoms with van der Waals surface area (Å²) in [7, 11) is 0. The quantitative estimate of drug-likeness (QED) is 0.127. The van der Waals surface area contributed by atoms with Crippen LogP contribution in [0.2, 0.25) is 0 Å². The zero-order chi connectivity index (χ0) is 42.8. The summed E-state index contributed by atoms with van der Waals surface area (Å²) in [6, 6.07) is 45.3. The molecule has 0 bridgehead atoms. The van der Waals surface area contributed by atoms with Gasteiger partial charge in [0.2, 0.25) is 0 Å². The van der Waals surface area contributed by atoms with E-state index in [0.717, 1.165) is 0 Å². The van der Waals surface area contributed by atoms with E-state index >= 15 is 0 Å². The van der Waals surface area contributed by atoms with E-state index in [4.69, 9.17) is 0 Å². The first-order valence-corrected chi connectivity index (χ1v) is 21.2. The molecule has 7 rings (SSSR count). The molecule has 0 fully saturated rings. The predicted molar refractivity (Wildman–Crippen MR) is 263 cm³/mol. The van der Waals surface area contributed by atoms with Crippen LogP contribution in [0.3, 0.4) is 0 Å². The average Bonchev–Trinajstić information content (AvgIpc) is 3.13. The summed E-state index contributed by atoms with van der Waals surface area (Å²) in [5.41, 5.74) is 27.0. The van der Waals surface area contributed by atoms with Gasteiger partial charge in [0, 0.05) is 34.1 Å². The highest BCUT2D eigenvalue weighted by Gasteiger charge is 2.18. The molecule has 0 saturated carbocycles. The van der Waals surface area contributed by atoms with Crippen molar-refractivity contribution < 1.29 is 0 Å². The predicted octanol–water partition coefficient (Wildman–Crippen LogP) is 16.7. The number of rotatable bonds is 10. The highest BCUT2D eigenvalue weighted by Crippen LogP contribution is 2.40. The zero-order valence-electron chi connectivity index (χ0n) is 37.8. The van der Waals surface area contributed by atoms with Crippen molar-refractivity contribution >= 4 is 58.4 Å². The lowest BCUT2D eigenvalue weighted by atomic mass is 9.97. The molecule has 0 aliphatic rings. The van der Waals surface area contributed by atoms with Gasteiger partial charge in [0.15, 0.2) is 0 Å². The van der Waals surface area contributed by atoms with E-state index in [1.54, 1.807) is 0 Å². The third-order valence-corrected chi connectivity index (χ3v) is 11.4. The standard InChI is InChI=1S/C58H60N2/c1-37-21-38(2)26-51(25-37)59(52-27-39(3)22-40(4)28-52)55-33-45(9)57(46(10)34-55)19-17-49-15-13-14-16-50(49)18-20-58-47(11)35-56(36-48(58)12)60(53-29-41(5)23-42(6)30-53)54-31-43(7)24-44(8)32-54/h13-36H,1-12H3/b19-17+,20-18+. The fraction of sp³-hybridized carbons (Fsp3) is 0.207. The van der Waals surface area contributed by atoms with Gasteiger partial charge < -0.3 is 9.80 Å². The van der Waals surface area contributed by atoms with Crippen molar-refractivity contribution in [2.75, 3.05) is 9.80 Å². The Balaban J connectivity index is 1.21. The molecule has 0 aromatic heterocycles. The van der Waals surface area contributed by atoms with Crippen LogP contribution in [0.5, 0.6) is 0 Å². The van der Waals surface area contributed by atoms with Crippen LogP contribution in [0.1, 0.15) is 89.0 Å². The molecule has 2 nitrogen and oxygen atoms in total. The van der Waals surface area contributed by atoms with Gasteiger partial charge >= 0.3 is 0 Å². The molecule has 0 atom stereocenters. The highest BCUT2D eigenvalue weighted by molar-refractivity contribution is 5.85. The molecule has 0 N–H and O–H groups in total. The molecule has 60 heavy (non-hydrogen) atoms. The number of benzene rings is 7. The number of anilines is 6. The largest absolute Gasteiger partial charge is 0.310 e. The lowest BCUT2D eigenvalue weighted by molar-refractivity contribution is 1.21. The van der Waals surface area contributed by atoms with E-state index < -0.39 is 0 Å². The second-order valence-corrected chi connectivity index (χ2v) is 17.3. The Labute approximate surface area is 360 Å². The molecule has 0 saturated heterocycles. The summed E-state index contributed by atoms with van der Waals surface area (Å²) in [6.07, 6.45) is 9.13. The first-order chi connectivity index (χ1) is 28.6. The van der Waals surface area contributed by atoms with Gasteiger partial charge in [-0.3, -0.25) is 0 Å². The van der Waals surface area contributed by atoms with Crippen molar-refractivity contribution in [3.8, 4) is 0 Å². The van der Waals surface area contributed by atoms with Crippen LogP contribution in [-0.4, -0.2) is 0 Å². The monoisotopic (exact) mass is 784 g/mol. The molecular weight excluding hydrogens is 725 g/mol. The Bertz CT molecular complexity index is 2370. The first kappa shape index (κ1) is 41.8. The Morgan fingerprint density at radius 2 is 0.483 bits per heavy atom. The SMILES string of the molecule is Cc1cc(C)cc(N(c2cc(C)cc(C)c2)c2cc(C)c(/C=C/c3ccccc3/C=C/c3c(C)cc(N(c4cc(C)cc(C)c4)c4cc(C)cc(C)c4)cc3C)c(C)c2)c1. The zero-order valence-corrected chi connectivity index (χ0v) is 37.8. The topological polar surface area (TPSA) is 6.48 Å². The summed E-state index contributed by atoms with van der Waals surface area (Å²) in [5.74, 6) is 0. The van der Waals surface area contributed by atoms with Crippen molar-refractivity contribution in [2.24, 2.45) is 0 Å². The van der Waals surface area contributed by atoms with Gasteiger partial charge in [0.25, 0.3) is 0 Å². The van der Waals surface area contributed by atoms with Gasteiger partial charge in [0.05, 0.1) is 0 Å². The maximum atomic E-state index is 2.41. The summed E-state index contributed by atoms with van der Waals surface area (Å²) in [5, 5.41) is 0. The van der Waals surface area contributed by atoms with Crippen molar-refractivity contribution in [3.05, 3.63) is 210 Å². The van der Waals surface area contributed by atoms with Crippen LogP contribution in [0.4, 0.5) is 34.1 Å². The van der Waals surface area contributed by atoms with E-state index in [9.17, 15) is 0 Å². The summed E-state index contributed by atoms with van der Waals surface area (Å²) in [4.78, 5) is 4.82. The maximum Gasteiger partial charge on any atom is 0.0467 e. The van der Waals surface area contributed by atoms with E-state index in [2.05, 4.69) is 239 Å². The van der Waals surface area contributed by atoms with Gasteiger partial charge in [-0.15, -0.1) is 0 Å². The van der Waals surface area contributed by atoms with Crippen LogP contribution in [0.15, 0.2) is 121 Å². The van der Waals surface area contributed by atoms with Crippen LogP contribution in [0, 0.1) is 83.1 Å². The molecule has 2 heteroatoms. The minimum absolute atomic E-state index is 1.17. The molecule has 0 radical (unpaired) electrons. The van der Waals surface area contributed by atoms with Crippen LogP contribution < -0.4 is 9.80 Å². The van der Waals surface area contributed by atoms with Crippen molar-refractivity contribution in [3.63, 3.8) is 0 Å². The number of hydrogen-bond acceptors (Lipinski definition) is 2. The van der Waals surface area contributed by atoms with Crippen molar-refractivity contribution in [1.82, 2.24) is 0 Å². The van der Waals surface area contributed by atoms with Gasteiger partial charge in [0.1, 0.15) is 0 Å². The number of hydrogen-bond donors (Lipinski definition) is 0. The molecule has 0 spiro atoms. The molecule has 7 aromatic carbocycles. The van der Waals surface area contributed by atoms with Crippen LogP contribution >= 0.6 is 0 Å². The smallest absolute Gasteiger partial charge is 0.0467 e. The van der Waals surface area contributed by atoms with E-state index in [1.807, 2.05) is 0 Å². The molecule has 0 heterocycles. The van der Waals surface area contributed by atoms with Crippen molar-refractivity contribution in [2.45, 2.75) is 83.1 Å². The second-order valence-electron chi connectivity index (χ2n) is 17.3. The minimum atomic E-state index is 1.17. The fourth-order valence-electron chi connectivity index (χ4n) is 9.06. The molecule has 0 amide bonds. The van der Waals surface area contributed by atoms with Gasteiger partial charge in [-0.1, -0.05) is 72.8 Å². The van der Waals surface area contributed by atoms with E-state index in [1.165, 1.54) is 123 Å². The lowest BCUT2D eigenvalue weighted by Gasteiger charge is -2.28. The van der Waals surface area contributed by atoms with Gasteiger partial charge in [-0.25, -0.2) is 0 Å². The van der Waals surface area contributed by atoms with Crippen LogP contribution in [0.25, 0.3) is 24.3 Å². The van der Waals surface area contributed by atoms with Crippen LogP contribution in [-0.2, 0) is 0 Å². The number of nitrogens with zero attached hydrogens (tertiary/aromatic N) is 2. The second kappa shape index (κ2) is 17.5. The van der Waals surface area contributed by atoms with Gasteiger partial charge in [-0.05, 0) is 245 Å². The molecule has 0 aliphatic carbocycles. The van der Waals surface area contributed by atoms with E-state index in [-0.39, 0.29) is 0 Å². The molecule has 302 valence electrons. The Morgan fingerprint density at radius 1 is 0.267 bits per heavy atom. The molecule has 0 unspecified atom stereocenters. The Hall–Kier alpha value is -6.38. The Morgan fingerprint density at radius 3 is 0.717 bits per heavy atom. The average molecular weight is 785 g/mol. The summed E-state index contributed by atoms with van der Waals surface area (Å²) >= 11 is 0. The minimum Gasteiger partial charge on any atom is -0.310 e. The fourth-order valence-corrected chi connectivity index (χ4v) is 9.06. The maximum absolute atomic E-state index is 2.41. The first-order valence-electron chi connectivity index (χ1n) is 21.2. The van der Waals surface area contributed by atoms with E-state index in [0.29, 0.717) is 0 Å². The summed E-state index contributed by atoms with van der Waals surface area (Å²) < 4.78 is 0. The normalized spacial score (nSPS) is 11.5. The molecular formula is C58H60N2. The van der Waals surface area contributed by atoms with Gasteiger partial charge in [-0.2, -0.15) is 0 Å². The lowest BCUT2D eigenvalue weighted by Crippen LogP contribution is -2.12. The Kier molecular flexibility index (Phi) is 12.2. The summed E-state index contributed by atoms with van der Waals surface area (Å²) in [6.45, 7) is 26.4. The molecule has 7 aromatic rings. The van der Waals surface area contributed by atoms with Crippen molar-refractivity contribution in [1.29, 1.82) is 0 Å².